The van der Waals surface area contributed by atoms with Crippen molar-refractivity contribution < 1.29 is 4.79 Å². The Balaban J connectivity index is 0.00000109. The Morgan fingerprint density at radius 3 is 1.96 bits per heavy atom. The van der Waals surface area contributed by atoms with Gasteiger partial charge in [0, 0.05) is 24.9 Å². The summed E-state index contributed by atoms with van der Waals surface area (Å²) in [4.78, 5) is 15.0. The van der Waals surface area contributed by atoms with E-state index >= 15 is 0 Å². The van der Waals surface area contributed by atoms with Gasteiger partial charge in [-0.1, -0.05) is 74.5 Å². The predicted molar refractivity (Wildman–Crippen MR) is 106 cm³/mol. The van der Waals surface area contributed by atoms with E-state index in [1.165, 1.54) is 17.5 Å². The number of piperidine rings is 1. The van der Waals surface area contributed by atoms with Crippen LogP contribution in [-0.4, -0.2) is 23.4 Å². The lowest BCUT2D eigenvalue weighted by atomic mass is 9.87. The Morgan fingerprint density at radius 1 is 0.960 bits per heavy atom. The molecule has 2 heteroatoms. The van der Waals surface area contributed by atoms with Crippen molar-refractivity contribution in [3.8, 4) is 0 Å². The van der Waals surface area contributed by atoms with Crippen LogP contribution in [0, 0.1) is 0 Å². The summed E-state index contributed by atoms with van der Waals surface area (Å²) in [5, 5.41) is 0. The molecule has 1 fully saturated rings. The van der Waals surface area contributed by atoms with Gasteiger partial charge in [-0.3, -0.25) is 4.79 Å². The summed E-state index contributed by atoms with van der Waals surface area (Å²) in [5.41, 5.74) is 2.44. The summed E-state index contributed by atoms with van der Waals surface area (Å²) in [6.45, 7) is 7.09. The fraction of sp³-hybridized carbons (Fsp3) is 0.435. The quantitative estimate of drug-likeness (QED) is 0.707. The minimum Gasteiger partial charge on any atom is -0.340 e. The molecule has 0 saturated carbocycles. The highest BCUT2D eigenvalue weighted by molar-refractivity contribution is 5.78. The summed E-state index contributed by atoms with van der Waals surface area (Å²) in [6, 6.07) is 21.2. The fourth-order valence-corrected chi connectivity index (χ4v) is 3.56. The van der Waals surface area contributed by atoms with Gasteiger partial charge in [-0.05, 0) is 37.3 Å². The number of carbonyl (C=O) groups excluding carboxylic acids is 1. The summed E-state index contributed by atoms with van der Waals surface area (Å²) < 4.78 is 0. The molecule has 2 aromatic carbocycles. The van der Waals surface area contributed by atoms with Crippen molar-refractivity contribution in [2.75, 3.05) is 6.54 Å². The van der Waals surface area contributed by atoms with Crippen LogP contribution in [0.15, 0.2) is 60.7 Å². The average molecular weight is 338 g/mol. The fourth-order valence-electron chi connectivity index (χ4n) is 3.56. The molecule has 1 aliphatic heterocycles. The molecule has 2 aromatic rings. The highest BCUT2D eigenvalue weighted by Gasteiger charge is 2.26. The van der Waals surface area contributed by atoms with E-state index in [2.05, 4.69) is 60.4 Å². The summed E-state index contributed by atoms with van der Waals surface area (Å²) in [5.74, 6) is 0.425. The molecule has 1 heterocycles. The average Bonchev–Trinajstić information content (AvgIpc) is 2.69. The van der Waals surface area contributed by atoms with Crippen LogP contribution in [0.5, 0.6) is 0 Å². The molecule has 1 amide bonds. The van der Waals surface area contributed by atoms with E-state index in [1.807, 2.05) is 26.0 Å². The molecule has 1 atom stereocenters. The molecule has 0 N–H and O–H groups in total. The second kappa shape index (κ2) is 10.0. The van der Waals surface area contributed by atoms with Gasteiger partial charge in [0.1, 0.15) is 0 Å². The van der Waals surface area contributed by atoms with Gasteiger partial charge in [0.2, 0.25) is 5.91 Å². The van der Waals surface area contributed by atoms with Gasteiger partial charge in [-0.2, -0.15) is 0 Å². The number of likely N-dealkylation sites (tertiary alicyclic amines) is 1. The van der Waals surface area contributed by atoms with Crippen LogP contribution >= 0.6 is 0 Å². The Hall–Kier alpha value is -2.09. The number of nitrogens with zero attached hydrogens (tertiary/aromatic N) is 1. The number of carbonyl (C=O) groups is 1. The van der Waals surface area contributed by atoms with Gasteiger partial charge in [-0.15, -0.1) is 0 Å². The Morgan fingerprint density at radius 2 is 1.48 bits per heavy atom. The third kappa shape index (κ3) is 5.19. The second-order valence-corrected chi connectivity index (χ2v) is 6.51. The van der Waals surface area contributed by atoms with Gasteiger partial charge < -0.3 is 4.90 Å². The molecule has 1 aliphatic rings. The largest absolute Gasteiger partial charge is 0.340 e. The normalized spacial score (nSPS) is 17.0. The lowest BCUT2D eigenvalue weighted by molar-refractivity contribution is -0.134. The van der Waals surface area contributed by atoms with E-state index in [0.717, 1.165) is 19.4 Å². The minimum atomic E-state index is 0.138. The first-order chi connectivity index (χ1) is 12.3. The van der Waals surface area contributed by atoms with Crippen LogP contribution in [0.1, 0.15) is 63.5 Å². The lowest BCUT2D eigenvalue weighted by Gasteiger charge is -2.34. The highest BCUT2D eigenvalue weighted by atomic mass is 16.2. The Bertz CT molecular complexity index is 584. The molecule has 0 aromatic heterocycles. The van der Waals surface area contributed by atoms with Gasteiger partial charge >= 0.3 is 0 Å². The topological polar surface area (TPSA) is 20.3 Å². The van der Waals surface area contributed by atoms with Crippen LogP contribution in [0.3, 0.4) is 0 Å². The Labute approximate surface area is 152 Å². The zero-order valence-electron chi connectivity index (χ0n) is 15.8. The van der Waals surface area contributed by atoms with Crippen LogP contribution in [-0.2, 0) is 4.79 Å². The number of rotatable bonds is 4. The molecule has 2 nitrogen and oxygen atoms in total. The number of amides is 1. The third-order valence-corrected chi connectivity index (χ3v) is 4.91. The van der Waals surface area contributed by atoms with Gasteiger partial charge in [-0.25, -0.2) is 0 Å². The van der Waals surface area contributed by atoms with Crippen LogP contribution < -0.4 is 0 Å². The van der Waals surface area contributed by atoms with E-state index in [1.54, 1.807) is 0 Å². The molecule has 0 radical (unpaired) electrons. The second-order valence-electron chi connectivity index (χ2n) is 6.51. The van der Waals surface area contributed by atoms with Crippen LogP contribution in [0.2, 0.25) is 0 Å². The van der Waals surface area contributed by atoms with Crippen molar-refractivity contribution >= 4 is 5.91 Å². The summed E-state index contributed by atoms with van der Waals surface area (Å²) in [6.07, 6.45) is 4.06. The van der Waals surface area contributed by atoms with Crippen molar-refractivity contribution in [2.24, 2.45) is 0 Å². The molecule has 25 heavy (non-hydrogen) atoms. The molecule has 1 saturated heterocycles. The predicted octanol–water partition coefficient (Wildman–Crippen LogP) is 5.64. The number of hydrogen-bond acceptors (Lipinski definition) is 1. The minimum absolute atomic E-state index is 0.138. The first-order valence-electron chi connectivity index (χ1n) is 9.65. The molecular formula is C23H31NO. The van der Waals surface area contributed by atoms with E-state index in [0.29, 0.717) is 12.5 Å². The molecule has 0 bridgehead atoms. The van der Waals surface area contributed by atoms with E-state index < -0.39 is 0 Å². The monoisotopic (exact) mass is 337 g/mol. The summed E-state index contributed by atoms with van der Waals surface area (Å²) in [7, 11) is 0. The molecule has 134 valence electrons. The molecule has 0 aliphatic carbocycles. The lowest BCUT2D eigenvalue weighted by Crippen LogP contribution is -2.42. The van der Waals surface area contributed by atoms with Crippen LogP contribution in [0.4, 0.5) is 0 Å². The van der Waals surface area contributed by atoms with Gasteiger partial charge in [0.05, 0.1) is 0 Å². The van der Waals surface area contributed by atoms with Gasteiger partial charge in [0.25, 0.3) is 0 Å². The van der Waals surface area contributed by atoms with E-state index in [-0.39, 0.29) is 11.8 Å². The van der Waals surface area contributed by atoms with Gasteiger partial charge in [0.15, 0.2) is 0 Å². The summed E-state index contributed by atoms with van der Waals surface area (Å²) >= 11 is 0. The SMILES string of the molecule is CC.CC1CCCCN1C(=O)CC(c1ccccc1)c1ccccc1. The maximum absolute atomic E-state index is 12.9. The molecule has 3 rings (SSSR count). The third-order valence-electron chi connectivity index (χ3n) is 4.91. The van der Waals surface area contributed by atoms with Crippen molar-refractivity contribution in [3.05, 3.63) is 71.8 Å². The smallest absolute Gasteiger partial charge is 0.223 e. The molecule has 0 spiro atoms. The van der Waals surface area contributed by atoms with Crippen molar-refractivity contribution in [1.82, 2.24) is 4.90 Å². The van der Waals surface area contributed by atoms with Crippen LogP contribution in [0.25, 0.3) is 0 Å². The van der Waals surface area contributed by atoms with Crippen molar-refractivity contribution in [3.63, 3.8) is 0 Å². The standard InChI is InChI=1S/C21H25NO.C2H6/c1-17-10-8-9-15-22(17)21(23)16-20(18-11-4-2-5-12-18)19-13-6-3-7-14-19;1-2/h2-7,11-14,17,20H,8-10,15-16H2,1H3;1-2H3. The zero-order chi connectivity index (χ0) is 18.1. The van der Waals surface area contributed by atoms with Crippen molar-refractivity contribution in [2.45, 2.75) is 58.4 Å². The van der Waals surface area contributed by atoms with E-state index in [9.17, 15) is 4.79 Å². The first-order valence-corrected chi connectivity index (χ1v) is 9.65. The molecule has 1 unspecified atom stereocenters. The Kier molecular flexibility index (Phi) is 7.72. The maximum atomic E-state index is 12.9. The van der Waals surface area contributed by atoms with E-state index in [4.69, 9.17) is 0 Å². The molecular weight excluding hydrogens is 306 g/mol. The zero-order valence-corrected chi connectivity index (χ0v) is 15.8. The van der Waals surface area contributed by atoms with Crippen molar-refractivity contribution in [1.29, 1.82) is 0 Å². The number of benzene rings is 2. The highest BCUT2D eigenvalue weighted by Crippen LogP contribution is 2.29. The number of hydrogen-bond donors (Lipinski definition) is 0. The maximum Gasteiger partial charge on any atom is 0.223 e. The first kappa shape index (κ1) is 19.2.